The molecule has 124 valence electrons. The van der Waals surface area contributed by atoms with Gasteiger partial charge in [0.05, 0.1) is 16.8 Å². The van der Waals surface area contributed by atoms with Gasteiger partial charge in [-0.05, 0) is 35.9 Å². The molecule has 4 rings (SSSR count). The Balaban J connectivity index is 1.79. The summed E-state index contributed by atoms with van der Waals surface area (Å²) < 4.78 is 0. The van der Waals surface area contributed by atoms with Crippen LogP contribution >= 0.6 is 22.9 Å². The molecule has 0 radical (unpaired) electrons. The Labute approximate surface area is 153 Å². The Kier molecular flexibility index (Phi) is 4.21. The Morgan fingerprint density at radius 2 is 1.76 bits per heavy atom. The van der Waals surface area contributed by atoms with E-state index >= 15 is 0 Å². The maximum atomic E-state index is 9.97. The molecule has 0 saturated carbocycles. The van der Waals surface area contributed by atoms with E-state index in [0.29, 0.717) is 17.1 Å². The van der Waals surface area contributed by atoms with E-state index in [1.807, 2.05) is 36.4 Å². The van der Waals surface area contributed by atoms with Gasteiger partial charge in [0.25, 0.3) is 0 Å². The van der Waals surface area contributed by atoms with Crippen LogP contribution in [-0.2, 0) is 6.42 Å². The molecule has 0 saturated heterocycles. The molecule has 1 N–H and O–H groups in total. The maximum absolute atomic E-state index is 9.97. The number of nitrogens with zero attached hydrogens (tertiary/aromatic N) is 4. The van der Waals surface area contributed by atoms with Crippen molar-refractivity contribution in [2.75, 3.05) is 0 Å². The maximum Gasteiger partial charge on any atom is 0.124 e. The lowest BCUT2D eigenvalue weighted by Gasteiger charge is -2.03. The standard InChI is InChI=1S/C18H13ClN4OS/c19-14-3-1-12(2-4-14)11-15-17(16-7-10-21-23(16)24)25-18(22-15)13-5-8-20-9-6-13/h1-10,24H,11H2. The number of rotatable bonds is 4. The predicted molar refractivity (Wildman–Crippen MR) is 98.0 cm³/mol. The van der Waals surface area contributed by atoms with E-state index in [1.165, 1.54) is 11.3 Å². The summed E-state index contributed by atoms with van der Waals surface area (Å²) in [6, 6.07) is 13.3. The zero-order valence-corrected chi connectivity index (χ0v) is 14.6. The quantitative estimate of drug-likeness (QED) is 0.537. The largest absolute Gasteiger partial charge is 0.411 e. The third kappa shape index (κ3) is 3.26. The third-order valence-corrected chi connectivity index (χ3v) is 5.19. The smallest absolute Gasteiger partial charge is 0.124 e. The average Bonchev–Trinajstić information content (AvgIpc) is 3.24. The van der Waals surface area contributed by atoms with E-state index in [4.69, 9.17) is 16.6 Å². The molecule has 25 heavy (non-hydrogen) atoms. The number of hydrogen-bond acceptors (Lipinski definition) is 5. The van der Waals surface area contributed by atoms with Crippen molar-refractivity contribution in [1.82, 2.24) is 19.9 Å². The molecule has 1 aromatic carbocycles. The molecular weight excluding hydrogens is 356 g/mol. The topological polar surface area (TPSA) is 63.8 Å². The molecule has 0 amide bonds. The van der Waals surface area contributed by atoms with Gasteiger partial charge in [-0.15, -0.1) is 21.3 Å². The summed E-state index contributed by atoms with van der Waals surface area (Å²) >= 11 is 7.49. The van der Waals surface area contributed by atoms with E-state index in [9.17, 15) is 5.21 Å². The van der Waals surface area contributed by atoms with Crippen molar-refractivity contribution in [2.24, 2.45) is 0 Å². The fourth-order valence-corrected chi connectivity index (χ4v) is 3.77. The molecule has 0 spiro atoms. The first kappa shape index (κ1) is 15.8. The molecule has 0 aliphatic heterocycles. The van der Waals surface area contributed by atoms with Gasteiger partial charge in [-0.1, -0.05) is 23.7 Å². The lowest BCUT2D eigenvalue weighted by atomic mass is 10.1. The van der Waals surface area contributed by atoms with Crippen molar-refractivity contribution in [2.45, 2.75) is 6.42 Å². The fourth-order valence-electron chi connectivity index (χ4n) is 2.55. The van der Waals surface area contributed by atoms with Crippen LogP contribution < -0.4 is 0 Å². The molecule has 0 aliphatic carbocycles. The zero-order chi connectivity index (χ0) is 17.2. The first-order valence-corrected chi connectivity index (χ1v) is 8.78. The van der Waals surface area contributed by atoms with Crippen LogP contribution in [-0.4, -0.2) is 25.1 Å². The van der Waals surface area contributed by atoms with E-state index in [1.54, 1.807) is 24.7 Å². The lowest BCUT2D eigenvalue weighted by Crippen LogP contribution is -1.97. The minimum atomic E-state index is 0.627. The summed E-state index contributed by atoms with van der Waals surface area (Å²) in [5.41, 5.74) is 3.60. The van der Waals surface area contributed by atoms with Crippen LogP contribution in [0.15, 0.2) is 61.1 Å². The van der Waals surface area contributed by atoms with Crippen LogP contribution in [0.2, 0.25) is 5.02 Å². The van der Waals surface area contributed by atoms with Crippen molar-refractivity contribution in [3.05, 3.63) is 77.3 Å². The molecule has 0 aliphatic rings. The van der Waals surface area contributed by atoms with Crippen molar-refractivity contribution >= 4 is 22.9 Å². The fraction of sp³-hybridized carbons (Fsp3) is 0.0556. The zero-order valence-electron chi connectivity index (χ0n) is 13.0. The Bertz CT molecular complexity index is 996. The summed E-state index contributed by atoms with van der Waals surface area (Å²) in [4.78, 5) is 10.6. The van der Waals surface area contributed by atoms with E-state index in [-0.39, 0.29) is 0 Å². The van der Waals surface area contributed by atoms with Crippen LogP contribution in [0.25, 0.3) is 21.1 Å². The molecule has 5 nitrogen and oxygen atoms in total. The lowest BCUT2D eigenvalue weighted by molar-refractivity contribution is 0.153. The molecule has 4 aromatic rings. The van der Waals surface area contributed by atoms with E-state index in [2.05, 4.69) is 10.1 Å². The van der Waals surface area contributed by atoms with Crippen LogP contribution in [0.1, 0.15) is 11.3 Å². The average molecular weight is 369 g/mol. The summed E-state index contributed by atoms with van der Waals surface area (Å²) in [6.07, 6.45) is 5.68. The number of thiazole rings is 1. The summed E-state index contributed by atoms with van der Waals surface area (Å²) in [6.45, 7) is 0. The highest BCUT2D eigenvalue weighted by Crippen LogP contribution is 2.36. The molecule has 0 fully saturated rings. The van der Waals surface area contributed by atoms with Gasteiger partial charge in [0.15, 0.2) is 0 Å². The highest BCUT2D eigenvalue weighted by atomic mass is 35.5. The van der Waals surface area contributed by atoms with Gasteiger partial charge in [0, 0.05) is 29.4 Å². The second-order valence-electron chi connectivity index (χ2n) is 5.44. The third-order valence-electron chi connectivity index (χ3n) is 3.77. The Hall–Kier alpha value is -2.70. The summed E-state index contributed by atoms with van der Waals surface area (Å²) in [5.74, 6) is 0. The number of halogens is 1. The van der Waals surface area contributed by atoms with Gasteiger partial charge in [-0.25, -0.2) is 4.98 Å². The number of pyridine rings is 1. The monoisotopic (exact) mass is 368 g/mol. The van der Waals surface area contributed by atoms with Gasteiger partial charge in [0.2, 0.25) is 0 Å². The highest BCUT2D eigenvalue weighted by Gasteiger charge is 2.18. The highest BCUT2D eigenvalue weighted by molar-refractivity contribution is 7.18. The molecule has 0 unspecified atom stereocenters. The van der Waals surface area contributed by atoms with Crippen molar-refractivity contribution in [1.29, 1.82) is 0 Å². The minimum Gasteiger partial charge on any atom is -0.411 e. The van der Waals surface area contributed by atoms with Crippen LogP contribution in [0.5, 0.6) is 0 Å². The first-order chi connectivity index (χ1) is 12.2. The number of benzene rings is 1. The predicted octanol–water partition coefficient (Wildman–Crippen LogP) is 4.55. The number of hydrogen-bond donors (Lipinski definition) is 1. The Morgan fingerprint density at radius 1 is 1.00 bits per heavy atom. The van der Waals surface area contributed by atoms with Crippen molar-refractivity contribution in [3.63, 3.8) is 0 Å². The SMILES string of the molecule is On1nccc1-c1sc(-c2ccncc2)nc1Cc1ccc(Cl)cc1. The first-order valence-electron chi connectivity index (χ1n) is 7.59. The van der Waals surface area contributed by atoms with Crippen molar-refractivity contribution < 1.29 is 5.21 Å². The molecule has 3 heterocycles. The van der Waals surface area contributed by atoms with E-state index < -0.39 is 0 Å². The van der Waals surface area contributed by atoms with Crippen LogP contribution in [0, 0.1) is 0 Å². The van der Waals surface area contributed by atoms with Crippen molar-refractivity contribution in [3.8, 4) is 21.1 Å². The van der Waals surface area contributed by atoms with Gasteiger partial charge in [-0.3, -0.25) is 4.98 Å². The molecule has 0 bridgehead atoms. The minimum absolute atomic E-state index is 0.627. The molecule has 3 aromatic heterocycles. The molecule has 7 heteroatoms. The van der Waals surface area contributed by atoms with Gasteiger partial charge < -0.3 is 5.21 Å². The summed E-state index contributed by atoms with van der Waals surface area (Å²) in [5, 5.41) is 15.4. The van der Waals surface area contributed by atoms with Gasteiger partial charge in [0.1, 0.15) is 10.7 Å². The van der Waals surface area contributed by atoms with E-state index in [0.717, 1.165) is 31.6 Å². The summed E-state index contributed by atoms with van der Waals surface area (Å²) in [7, 11) is 0. The second kappa shape index (κ2) is 6.66. The second-order valence-corrected chi connectivity index (χ2v) is 6.88. The molecule has 0 atom stereocenters. The normalized spacial score (nSPS) is 10.9. The Morgan fingerprint density at radius 3 is 2.44 bits per heavy atom. The van der Waals surface area contributed by atoms with Crippen LogP contribution in [0.3, 0.4) is 0 Å². The number of aromatic nitrogens is 4. The van der Waals surface area contributed by atoms with Crippen LogP contribution in [0.4, 0.5) is 0 Å². The van der Waals surface area contributed by atoms with Gasteiger partial charge >= 0.3 is 0 Å². The van der Waals surface area contributed by atoms with Gasteiger partial charge in [-0.2, -0.15) is 0 Å². The molecular formula is C18H13ClN4OS.